The minimum Gasteiger partial charge on any atom is -0.370 e. The zero-order valence-electron chi connectivity index (χ0n) is 10.6. The molecular weight excluding hydrogens is 246 g/mol. The average molecular weight is 261 g/mol. The maximum absolute atomic E-state index is 10.8. The fourth-order valence-corrected chi connectivity index (χ4v) is 1.70. The van der Waals surface area contributed by atoms with E-state index in [4.69, 9.17) is 0 Å². The van der Waals surface area contributed by atoms with Crippen LogP contribution in [0.15, 0.2) is 31.0 Å². The molecule has 100 valence electrons. The van der Waals surface area contributed by atoms with E-state index in [1.165, 1.54) is 12.3 Å². The van der Waals surface area contributed by atoms with Gasteiger partial charge in [-0.2, -0.15) is 0 Å². The highest BCUT2D eigenvalue weighted by Crippen LogP contribution is 2.19. The van der Waals surface area contributed by atoms with Crippen molar-refractivity contribution in [3.8, 4) is 0 Å². The molecule has 0 atom stereocenters. The van der Waals surface area contributed by atoms with Gasteiger partial charge in [0, 0.05) is 37.2 Å². The molecule has 0 spiro atoms. The topological polar surface area (TPSA) is 85.9 Å². The number of aromatic nitrogens is 3. The monoisotopic (exact) mass is 261 g/mol. The average Bonchev–Trinajstić information content (AvgIpc) is 2.89. The Bertz CT molecular complexity index is 553. The molecule has 7 nitrogen and oxygen atoms in total. The third-order valence-electron chi connectivity index (χ3n) is 2.73. The van der Waals surface area contributed by atoms with E-state index in [9.17, 15) is 10.1 Å². The van der Waals surface area contributed by atoms with Gasteiger partial charge in [0.15, 0.2) is 0 Å². The van der Waals surface area contributed by atoms with Crippen LogP contribution in [0.25, 0.3) is 0 Å². The molecule has 2 aromatic heterocycles. The van der Waals surface area contributed by atoms with Crippen LogP contribution in [0.1, 0.15) is 12.0 Å². The summed E-state index contributed by atoms with van der Waals surface area (Å²) in [5.74, 6) is 0.530. The molecule has 0 aliphatic heterocycles. The van der Waals surface area contributed by atoms with Crippen molar-refractivity contribution in [3.05, 3.63) is 46.7 Å². The Kier molecular flexibility index (Phi) is 4.07. The molecule has 2 aromatic rings. The Morgan fingerprint density at radius 3 is 3.05 bits per heavy atom. The zero-order valence-corrected chi connectivity index (χ0v) is 10.6. The minimum absolute atomic E-state index is 0.0899. The minimum atomic E-state index is -0.395. The zero-order chi connectivity index (χ0) is 13.7. The summed E-state index contributed by atoms with van der Waals surface area (Å²) in [5, 5.41) is 13.9. The second kappa shape index (κ2) is 5.94. The highest BCUT2D eigenvalue weighted by Gasteiger charge is 2.11. The van der Waals surface area contributed by atoms with Gasteiger partial charge in [-0.25, -0.2) is 9.97 Å². The first-order valence-corrected chi connectivity index (χ1v) is 5.97. The Morgan fingerprint density at radius 1 is 1.53 bits per heavy atom. The standard InChI is InChI=1S/C12H15N5O2/c1-10-8-15-12(7-11(10)17(18)19)14-3-2-5-16-6-4-13-9-16/h4,6-9H,2-3,5H2,1H3,(H,14,15). The molecule has 19 heavy (non-hydrogen) atoms. The van der Waals surface area contributed by atoms with Crippen LogP contribution in [0, 0.1) is 17.0 Å². The molecule has 0 fully saturated rings. The number of rotatable bonds is 6. The van der Waals surface area contributed by atoms with Crippen molar-refractivity contribution in [2.24, 2.45) is 0 Å². The first-order chi connectivity index (χ1) is 9.16. The molecule has 0 saturated heterocycles. The van der Waals surface area contributed by atoms with Crippen molar-refractivity contribution in [1.29, 1.82) is 0 Å². The predicted octanol–water partition coefficient (Wildman–Crippen LogP) is 2.00. The van der Waals surface area contributed by atoms with E-state index in [1.54, 1.807) is 19.4 Å². The molecule has 7 heteroatoms. The van der Waals surface area contributed by atoms with Crippen molar-refractivity contribution in [2.75, 3.05) is 11.9 Å². The van der Waals surface area contributed by atoms with E-state index < -0.39 is 4.92 Å². The summed E-state index contributed by atoms with van der Waals surface area (Å²) < 4.78 is 1.98. The lowest BCUT2D eigenvalue weighted by molar-refractivity contribution is -0.385. The third kappa shape index (κ3) is 3.51. The van der Waals surface area contributed by atoms with Crippen LogP contribution in [0.5, 0.6) is 0 Å². The van der Waals surface area contributed by atoms with Crippen molar-refractivity contribution in [3.63, 3.8) is 0 Å². The summed E-state index contributed by atoms with van der Waals surface area (Å²) in [4.78, 5) is 18.5. The largest absolute Gasteiger partial charge is 0.370 e. The number of nitrogens with zero attached hydrogens (tertiary/aromatic N) is 4. The van der Waals surface area contributed by atoms with Crippen LogP contribution in [0.3, 0.4) is 0 Å². The van der Waals surface area contributed by atoms with Gasteiger partial charge in [0.25, 0.3) is 5.69 Å². The number of anilines is 1. The second-order valence-electron chi connectivity index (χ2n) is 4.19. The normalized spacial score (nSPS) is 10.4. The Hall–Kier alpha value is -2.44. The SMILES string of the molecule is Cc1cnc(NCCCn2ccnc2)cc1[N+](=O)[O-]. The van der Waals surface area contributed by atoms with Crippen LogP contribution in [-0.2, 0) is 6.54 Å². The highest BCUT2D eigenvalue weighted by molar-refractivity contribution is 5.48. The summed E-state index contributed by atoms with van der Waals surface area (Å²) in [6, 6.07) is 1.46. The lowest BCUT2D eigenvalue weighted by atomic mass is 10.2. The van der Waals surface area contributed by atoms with Gasteiger partial charge in [0.05, 0.1) is 17.3 Å². The van der Waals surface area contributed by atoms with Crippen LogP contribution in [-0.4, -0.2) is 26.0 Å². The number of hydrogen-bond donors (Lipinski definition) is 1. The lowest BCUT2D eigenvalue weighted by Crippen LogP contribution is -2.07. The smallest absolute Gasteiger partial charge is 0.277 e. The molecule has 0 aliphatic rings. The summed E-state index contributed by atoms with van der Waals surface area (Å²) >= 11 is 0. The molecule has 0 aliphatic carbocycles. The van der Waals surface area contributed by atoms with Gasteiger partial charge in [-0.1, -0.05) is 0 Å². The Balaban J connectivity index is 1.86. The first-order valence-electron chi connectivity index (χ1n) is 5.97. The summed E-state index contributed by atoms with van der Waals surface area (Å²) in [7, 11) is 0. The first kappa shape index (κ1) is 13.0. The number of nitro groups is 1. The number of pyridine rings is 1. The van der Waals surface area contributed by atoms with E-state index in [0.717, 1.165) is 13.0 Å². The maximum atomic E-state index is 10.8. The predicted molar refractivity (Wildman–Crippen MR) is 71.0 cm³/mol. The molecule has 0 amide bonds. The molecule has 2 heterocycles. The van der Waals surface area contributed by atoms with Crippen LogP contribution >= 0.6 is 0 Å². The van der Waals surface area contributed by atoms with E-state index in [0.29, 0.717) is 17.9 Å². The molecular formula is C12H15N5O2. The highest BCUT2D eigenvalue weighted by atomic mass is 16.6. The molecule has 0 aromatic carbocycles. The van der Waals surface area contributed by atoms with E-state index in [-0.39, 0.29) is 5.69 Å². The molecule has 0 bridgehead atoms. The van der Waals surface area contributed by atoms with Crippen molar-refractivity contribution >= 4 is 11.5 Å². The second-order valence-corrected chi connectivity index (χ2v) is 4.19. The maximum Gasteiger partial charge on any atom is 0.277 e. The van der Waals surface area contributed by atoms with Crippen LogP contribution in [0.4, 0.5) is 11.5 Å². The van der Waals surface area contributed by atoms with Gasteiger partial charge < -0.3 is 9.88 Å². The molecule has 2 rings (SSSR count). The molecule has 0 saturated carbocycles. The third-order valence-corrected chi connectivity index (χ3v) is 2.73. The van der Waals surface area contributed by atoms with Crippen molar-refractivity contribution < 1.29 is 4.92 Å². The van der Waals surface area contributed by atoms with Gasteiger partial charge in [-0.3, -0.25) is 10.1 Å². The van der Waals surface area contributed by atoms with Crippen molar-refractivity contribution in [2.45, 2.75) is 19.9 Å². The van der Waals surface area contributed by atoms with Gasteiger partial charge in [-0.05, 0) is 13.3 Å². The summed E-state index contributed by atoms with van der Waals surface area (Å²) in [6.07, 6.45) is 7.79. The van der Waals surface area contributed by atoms with Crippen LogP contribution in [0.2, 0.25) is 0 Å². The fourth-order valence-electron chi connectivity index (χ4n) is 1.70. The van der Waals surface area contributed by atoms with Gasteiger partial charge in [0.1, 0.15) is 5.82 Å². The van der Waals surface area contributed by atoms with Crippen molar-refractivity contribution in [1.82, 2.24) is 14.5 Å². The van der Waals surface area contributed by atoms with Gasteiger partial charge in [-0.15, -0.1) is 0 Å². The Morgan fingerprint density at radius 2 is 2.37 bits per heavy atom. The fraction of sp³-hybridized carbons (Fsp3) is 0.333. The Labute approximate surface area is 110 Å². The lowest BCUT2D eigenvalue weighted by Gasteiger charge is -2.06. The number of nitrogens with one attached hydrogen (secondary N) is 1. The molecule has 0 unspecified atom stereocenters. The number of imidazole rings is 1. The van der Waals surface area contributed by atoms with Gasteiger partial charge >= 0.3 is 0 Å². The van der Waals surface area contributed by atoms with E-state index in [1.807, 2.05) is 10.8 Å². The van der Waals surface area contributed by atoms with E-state index in [2.05, 4.69) is 15.3 Å². The number of hydrogen-bond acceptors (Lipinski definition) is 5. The molecule has 1 N–H and O–H groups in total. The number of aryl methyl sites for hydroxylation is 2. The summed E-state index contributed by atoms with van der Waals surface area (Å²) in [6.45, 7) is 3.22. The van der Waals surface area contributed by atoms with E-state index >= 15 is 0 Å². The van der Waals surface area contributed by atoms with Gasteiger partial charge in [0.2, 0.25) is 0 Å². The van der Waals surface area contributed by atoms with Crippen LogP contribution < -0.4 is 5.32 Å². The quantitative estimate of drug-likeness (QED) is 0.488. The summed E-state index contributed by atoms with van der Waals surface area (Å²) in [5.41, 5.74) is 0.654. The molecule has 0 radical (unpaired) electrons.